The van der Waals surface area contributed by atoms with E-state index in [4.69, 9.17) is 27.9 Å². The fraction of sp³-hybridized carbons (Fsp3) is 0.217. The summed E-state index contributed by atoms with van der Waals surface area (Å²) < 4.78 is 5.86. The lowest BCUT2D eigenvalue weighted by atomic mass is 10.1. The molecular weight excluding hydrogens is 377 g/mol. The van der Waals surface area contributed by atoms with Gasteiger partial charge in [-0.2, -0.15) is 0 Å². The average molecular weight is 400 g/mol. The molecule has 3 rings (SSSR count). The fourth-order valence-electron chi connectivity index (χ4n) is 2.75. The maximum Gasteiger partial charge on any atom is 0.156 e. The highest BCUT2D eigenvalue weighted by Crippen LogP contribution is 2.35. The van der Waals surface area contributed by atoms with Crippen LogP contribution in [0, 0.1) is 20.8 Å². The van der Waals surface area contributed by atoms with Gasteiger partial charge in [-0.1, -0.05) is 59.1 Å². The van der Waals surface area contributed by atoms with E-state index < -0.39 is 0 Å². The zero-order valence-electron chi connectivity index (χ0n) is 15.8. The van der Waals surface area contributed by atoms with E-state index in [1.807, 2.05) is 24.3 Å². The molecular formula is C23H23Cl2NO. The van der Waals surface area contributed by atoms with Crippen molar-refractivity contribution in [3.63, 3.8) is 0 Å². The summed E-state index contributed by atoms with van der Waals surface area (Å²) in [5.74, 6) is 0.522. The van der Waals surface area contributed by atoms with Crippen LogP contribution in [-0.2, 0) is 13.2 Å². The standard InChI is InChI=1S/C23H23Cl2NO/c1-15-4-7-18(8-5-15)14-27-23-21(24)11-19(12-22(23)25)13-26-20-9-6-16(2)17(3)10-20/h4-12,26H,13-14H2,1-3H3. The number of hydrogen-bond donors (Lipinski definition) is 1. The van der Waals surface area contributed by atoms with Gasteiger partial charge in [0.05, 0.1) is 10.0 Å². The number of rotatable bonds is 6. The molecule has 2 nitrogen and oxygen atoms in total. The van der Waals surface area contributed by atoms with Gasteiger partial charge in [0.15, 0.2) is 5.75 Å². The second kappa shape index (κ2) is 8.69. The van der Waals surface area contributed by atoms with E-state index in [-0.39, 0.29) is 0 Å². The van der Waals surface area contributed by atoms with Crippen molar-refractivity contribution in [2.45, 2.75) is 33.9 Å². The zero-order valence-corrected chi connectivity index (χ0v) is 17.3. The van der Waals surface area contributed by atoms with Gasteiger partial charge in [0.1, 0.15) is 6.61 Å². The Balaban J connectivity index is 1.66. The molecule has 1 N–H and O–H groups in total. The van der Waals surface area contributed by atoms with Crippen molar-refractivity contribution in [3.05, 3.63) is 92.5 Å². The molecule has 0 aliphatic rings. The number of aryl methyl sites for hydroxylation is 3. The van der Waals surface area contributed by atoms with Crippen LogP contribution in [0.4, 0.5) is 5.69 Å². The molecule has 0 aromatic heterocycles. The largest absolute Gasteiger partial charge is 0.486 e. The lowest BCUT2D eigenvalue weighted by Gasteiger charge is -2.13. The molecule has 0 saturated carbocycles. The van der Waals surface area contributed by atoms with Crippen LogP contribution in [0.15, 0.2) is 54.6 Å². The molecule has 0 aliphatic carbocycles. The number of benzene rings is 3. The molecule has 0 unspecified atom stereocenters. The van der Waals surface area contributed by atoms with Crippen LogP contribution in [-0.4, -0.2) is 0 Å². The van der Waals surface area contributed by atoms with Gasteiger partial charge >= 0.3 is 0 Å². The van der Waals surface area contributed by atoms with E-state index in [9.17, 15) is 0 Å². The number of hydrogen-bond acceptors (Lipinski definition) is 2. The third kappa shape index (κ3) is 5.18. The van der Waals surface area contributed by atoms with Gasteiger partial charge in [-0.3, -0.25) is 0 Å². The second-order valence-corrected chi connectivity index (χ2v) is 7.63. The second-order valence-electron chi connectivity index (χ2n) is 6.82. The van der Waals surface area contributed by atoms with E-state index in [1.165, 1.54) is 16.7 Å². The maximum atomic E-state index is 6.42. The van der Waals surface area contributed by atoms with Gasteiger partial charge in [-0.05, 0) is 67.3 Å². The summed E-state index contributed by atoms with van der Waals surface area (Å²) in [6, 6.07) is 18.3. The summed E-state index contributed by atoms with van der Waals surface area (Å²) in [4.78, 5) is 0. The molecule has 140 valence electrons. The molecule has 0 radical (unpaired) electrons. The van der Waals surface area contributed by atoms with E-state index in [2.05, 4.69) is 56.4 Å². The topological polar surface area (TPSA) is 21.3 Å². The maximum absolute atomic E-state index is 6.42. The summed E-state index contributed by atoms with van der Waals surface area (Å²) in [6.45, 7) is 7.34. The molecule has 0 amide bonds. The quantitative estimate of drug-likeness (QED) is 0.476. The fourth-order valence-corrected chi connectivity index (χ4v) is 3.39. The smallest absolute Gasteiger partial charge is 0.156 e. The van der Waals surface area contributed by atoms with Crippen LogP contribution in [0.3, 0.4) is 0 Å². The molecule has 0 heterocycles. The summed E-state index contributed by atoms with van der Waals surface area (Å²) >= 11 is 12.8. The monoisotopic (exact) mass is 399 g/mol. The summed E-state index contributed by atoms with van der Waals surface area (Å²) in [6.07, 6.45) is 0. The third-order valence-electron chi connectivity index (χ3n) is 4.57. The highest BCUT2D eigenvalue weighted by atomic mass is 35.5. The molecule has 0 fully saturated rings. The average Bonchev–Trinajstić information content (AvgIpc) is 2.63. The van der Waals surface area contributed by atoms with Crippen LogP contribution in [0.5, 0.6) is 5.75 Å². The van der Waals surface area contributed by atoms with Crippen LogP contribution in [0.2, 0.25) is 10.0 Å². The number of nitrogens with one attached hydrogen (secondary N) is 1. The summed E-state index contributed by atoms with van der Waals surface area (Å²) in [5.41, 5.74) is 6.91. The minimum atomic E-state index is 0.431. The highest BCUT2D eigenvalue weighted by molar-refractivity contribution is 6.37. The Morgan fingerprint density at radius 3 is 2.07 bits per heavy atom. The predicted octanol–water partition coefficient (Wildman–Crippen LogP) is 7.11. The SMILES string of the molecule is Cc1ccc(COc2c(Cl)cc(CNc3ccc(C)c(C)c3)cc2Cl)cc1. The van der Waals surface area contributed by atoms with Gasteiger partial charge in [-0.25, -0.2) is 0 Å². The third-order valence-corrected chi connectivity index (χ3v) is 5.13. The molecule has 27 heavy (non-hydrogen) atoms. The van der Waals surface area contributed by atoms with Gasteiger partial charge in [-0.15, -0.1) is 0 Å². The molecule has 4 heteroatoms. The van der Waals surface area contributed by atoms with Crippen molar-refractivity contribution in [2.75, 3.05) is 5.32 Å². The normalized spacial score (nSPS) is 10.7. The molecule has 0 aliphatic heterocycles. The Morgan fingerprint density at radius 1 is 0.778 bits per heavy atom. The van der Waals surface area contributed by atoms with Crippen molar-refractivity contribution in [1.82, 2.24) is 0 Å². The lowest BCUT2D eigenvalue weighted by Crippen LogP contribution is -2.02. The lowest BCUT2D eigenvalue weighted by molar-refractivity contribution is 0.306. The first-order valence-electron chi connectivity index (χ1n) is 8.90. The van der Waals surface area contributed by atoms with Gasteiger partial charge in [0.25, 0.3) is 0 Å². The van der Waals surface area contributed by atoms with Gasteiger partial charge in [0, 0.05) is 12.2 Å². The molecule has 0 bridgehead atoms. The van der Waals surface area contributed by atoms with E-state index in [1.54, 1.807) is 0 Å². The minimum absolute atomic E-state index is 0.431. The molecule has 3 aromatic rings. The first-order valence-corrected chi connectivity index (χ1v) is 9.65. The van der Waals surface area contributed by atoms with E-state index in [0.717, 1.165) is 16.8 Å². The minimum Gasteiger partial charge on any atom is -0.486 e. The molecule has 3 aromatic carbocycles. The Hall–Kier alpha value is -2.16. The Bertz CT molecular complexity index is 913. The summed E-state index contributed by atoms with van der Waals surface area (Å²) in [5, 5.41) is 4.45. The molecule has 0 atom stereocenters. The van der Waals surface area contributed by atoms with Crippen molar-refractivity contribution in [1.29, 1.82) is 0 Å². The Kier molecular flexibility index (Phi) is 6.30. The first-order chi connectivity index (χ1) is 12.9. The van der Waals surface area contributed by atoms with Crippen LogP contribution in [0.1, 0.15) is 27.8 Å². The Labute approximate surface area is 171 Å². The van der Waals surface area contributed by atoms with Crippen LogP contribution >= 0.6 is 23.2 Å². The van der Waals surface area contributed by atoms with Gasteiger partial charge in [0.2, 0.25) is 0 Å². The van der Waals surface area contributed by atoms with Crippen molar-refractivity contribution < 1.29 is 4.74 Å². The van der Waals surface area contributed by atoms with Crippen molar-refractivity contribution >= 4 is 28.9 Å². The van der Waals surface area contributed by atoms with E-state index in [0.29, 0.717) is 28.9 Å². The summed E-state index contributed by atoms with van der Waals surface area (Å²) in [7, 11) is 0. The Morgan fingerprint density at radius 2 is 1.44 bits per heavy atom. The van der Waals surface area contributed by atoms with Crippen molar-refractivity contribution in [2.24, 2.45) is 0 Å². The number of halogens is 2. The highest BCUT2D eigenvalue weighted by Gasteiger charge is 2.10. The number of anilines is 1. The first kappa shape index (κ1) is 19.6. The van der Waals surface area contributed by atoms with Gasteiger partial charge < -0.3 is 10.1 Å². The number of ether oxygens (including phenoxy) is 1. The zero-order chi connectivity index (χ0) is 19.4. The van der Waals surface area contributed by atoms with Crippen LogP contribution in [0.25, 0.3) is 0 Å². The molecule has 0 spiro atoms. The predicted molar refractivity (Wildman–Crippen MR) is 115 cm³/mol. The van der Waals surface area contributed by atoms with Crippen LogP contribution < -0.4 is 10.1 Å². The molecule has 0 saturated heterocycles. The van der Waals surface area contributed by atoms with E-state index >= 15 is 0 Å². The van der Waals surface area contributed by atoms with Crippen molar-refractivity contribution in [3.8, 4) is 5.75 Å².